The Bertz CT molecular complexity index is 278. The monoisotopic (exact) mass is 192 g/mol. The summed E-state index contributed by atoms with van der Waals surface area (Å²) in [5.74, 6) is 0.870. The Morgan fingerprint density at radius 1 is 1.36 bits per heavy atom. The molecule has 1 saturated carbocycles. The van der Waals surface area contributed by atoms with Gasteiger partial charge >= 0.3 is 0 Å². The number of pyridine rings is 1. The molecule has 1 heterocycles. The molecule has 3 nitrogen and oxygen atoms in total. The van der Waals surface area contributed by atoms with E-state index >= 15 is 0 Å². The van der Waals surface area contributed by atoms with Crippen LogP contribution in [0, 0.1) is 0 Å². The van der Waals surface area contributed by atoms with Crippen molar-refractivity contribution >= 4 is 0 Å². The molecule has 76 valence electrons. The van der Waals surface area contributed by atoms with Crippen molar-refractivity contribution in [2.24, 2.45) is 5.73 Å². The zero-order valence-electron chi connectivity index (χ0n) is 8.28. The molecule has 2 N–H and O–H groups in total. The number of hydrogen-bond acceptors (Lipinski definition) is 3. The van der Waals surface area contributed by atoms with Crippen LogP contribution < -0.4 is 10.5 Å². The summed E-state index contributed by atoms with van der Waals surface area (Å²) < 4.78 is 5.77. The minimum atomic E-state index is 0.403. The minimum Gasteiger partial charge on any atom is -0.489 e. The molecule has 0 radical (unpaired) electrons. The lowest BCUT2D eigenvalue weighted by Crippen LogP contribution is -2.11. The summed E-state index contributed by atoms with van der Waals surface area (Å²) in [6.07, 6.45) is 7.11. The minimum absolute atomic E-state index is 0.403. The van der Waals surface area contributed by atoms with Gasteiger partial charge in [-0.3, -0.25) is 4.98 Å². The predicted molar refractivity (Wildman–Crippen MR) is 55.0 cm³/mol. The van der Waals surface area contributed by atoms with Gasteiger partial charge in [0.25, 0.3) is 0 Å². The van der Waals surface area contributed by atoms with Crippen molar-refractivity contribution in [3.05, 3.63) is 24.0 Å². The van der Waals surface area contributed by atoms with Crippen LogP contribution in [0.3, 0.4) is 0 Å². The molecule has 0 unspecified atom stereocenters. The van der Waals surface area contributed by atoms with Crippen LogP contribution in [0.1, 0.15) is 31.4 Å². The van der Waals surface area contributed by atoms with E-state index in [1.54, 1.807) is 6.20 Å². The summed E-state index contributed by atoms with van der Waals surface area (Å²) in [7, 11) is 0. The fourth-order valence-corrected chi connectivity index (χ4v) is 1.80. The quantitative estimate of drug-likeness (QED) is 0.795. The van der Waals surface area contributed by atoms with Gasteiger partial charge in [-0.2, -0.15) is 0 Å². The highest BCUT2D eigenvalue weighted by atomic mass is 16.5. The highest BCUT2D eigenvalue weighted by Crippen LogP contribution is 2.23. The first-order valence-corrected chi connectivity index (χ1v) is 5.20. The van der Waals surface area contributed by atoms with E-state index < -0.39 is 0 Å². The first-order chi connectivity index (χ1) is 6.88. The molecule has 1 aliphatic rings. The van der Waals surface area contributed by atoms with Crippen molar-refractivity contribution in [2.75, 3.05) is 0 Å². The number of aromatic nitrogens is 1. The van der Waals surface area contributed by atoms with Gasteiger partial charge in [0.1, 0.15) is 5.75 Å². The third kappa shape index (κ3) is 2.23. The van der Waals surface area contributed by atoms with E-state index in [0.29, 0.717) is 12.6 Å². The second kappa shape index (κ2) is 4.42. The van der Waals surface area contributed by atoms with Gasteiger partial charge in [0.05, 0.1) is 18.0 Å². The smallest absolute Gasteiger partial charge is 0.138 e. The van der Waals surface area contributed by atoms with Gasteiger partial charge in [0.15, 0.2) is 0 Å². The molecule has 2 rings (SSSR count). The van der Waals surface area contributed by atoms with Crippen molar-refractivity contribution < 1.29 is 4.74 Å². The fraction of sp³-hybridized carbons (Fsp3) is 0.545. The van der Waals surface area contributed by atoms with Crippen LogP contribution in [0.25, 0.3) is 0 Å². The maximum Gasteiger partial charge on any atom is 0.138 e. The van der Waals surface area contributed by atoms with Crippen LogP contribution in [0.5, 0.6) is 5.75 Å². The molecule has 14 heavy (non-hydrogen) atoms. The number of nitrogens with zero attached hydrogens (tertiary/aromatic N) is 1. The summed E-state index contributed by atoms with van der Waals surface area (Å²) in [5, 5.41) is 0. The molecule has 0 amide bonds. The molecule has 0 bridgehead atoms. The largest absolute Gasteiger partial charge is 0.489 e. The molecule has 0 saturated heterocycles. The lowest BCUT2D eigenvalue weighted by Gasteiger charge is -2.12. The number of rotatable bonds is 3. The standard InChI is InChI=1S/C11H16N2O/c12-7-9-5-6-11(8-13-9)14-10-3-1-2-4-10/h5-6,8,10H,1-4,7,12H2. The first kappa shape index (κ1) is 9.46. The van der Waals surface area contributed by atoms with Gasteiger partial charge in [-0.15, -0.1) is 0 Å². The zero-order chi connectivity index (χ0) is 9.80. The lowest BCUT2D eigenvalue weighted by atomic mass is 10.3. The summed E-state index contributed by atoms with van der Waals surface area (Å²) in [4.78, 5) is 4.19. The van der Waals surface area contributed by atoms with E-state index in [1.807, 2.05) is 12.1 Å². The maximum absolute atomic E-state index is 5.77. The fourth-order valence-electron chi connectivity index (χ4n) is 1.80. The average molecular weight is 192 g/mol. The van der Waals surface area contributed by atoms with E-state index in [1.165, 1.54) is 25.7 Å². The van der Waals surface area contributed by atoms with Crippen LogP contribution in [-0.2, 0) is 6.54 Å². The van der Waals surface area contributed by atoms with Gasteiger partial charge in [0.2, 0.25) is 0 Å². The highest BCUT2D eigenvalue weighted by molar-refractivity contribution is 5.20. The summed E-state index contributed by atoms with van der Waals surface area (Å²) >= 11 is 0. The third-order valence-electron chi connectivity index (χ3n) is 2.61. The van der Waals surface area contributed by atoms with Crippen LogP contribution in [0.4, 0.5) is 0 Å². The second-order valence-corrected chi connectivity index (χ2v) is 3.71. The average Bonchev–Trinajstić information content (AvgIpc) is 2.72. The van der Waals surface area contributed by atoms with E-state index in [4.69, 9.17) is 10.5 Å². The van der Waals surface area contributed by atoms with Gasteiger partial charge in [-0.25, -0.2) is 0 Å². The van der Waals surface area contributed by atoms with Crippen molar-refractivity contribution in [1.29, 1.82) is 0 Å². The van der Waals surface area contributed by atoms with Crippen molar-refractivity contribution in [2.45, 2.75) is 38.3 Å². The zero-order valence-corrected chi connectivity index (χ0v) is 8.28. The Balaban J connectivity index is 1.95. The van der Waals surface area contributed by atoms with Crippen LogP contribution in [-0.4, -0.2) is 11.1 Å². The molecular formula is C11H16N2O. The molecular weight excluding hydrogens is 176 g/mol. The molecule has 1 aromatic rings. The van der Waals surface area contributed by atoms with Gasteiger partial charge in [-0.05, 0) is 37.8 Å². The Hall–Kier alpha value is -1.09. The summed E-state index contributed by atoms with van der Waals surface area (Å²) in [5.41, 5.74) is 6.37. The van der Waals surface area contributed by atoms with E-state index in [9.17, 15) is 0 Å². The SMILES string of the molecule is NCc1ccc(OC2CCCC2)cn1. The van der Waals surface area contributed by atoms with Crippen molar-refractivity contribution in [3.8, 4) is 5.75 Å². The Labute approximate surface area is 84.3 Å². The lowest BCUT2D eigenvalue weighted by molar-refractivity contribution is 0.209. The molecule has 1 aliphatic carbocycles. The topological polar surface area (TPSA) is 48.1 Å². The maximum atomic E-state index is 5.77. The molecule has 1 aromatic heterocycles. The van der Waals surface area contributed by atoms with Crippen molar-refractivity contribution in [1.82, 2.24) is 4.98 Å². The van der Waals surface area contributed by atoms with E-state index in [2.05, 4.69) is 4.98 Å². The Morgan fingerprint density at radius 2 is 2.14 bits per heavy atom. The third-order valence-corrected chi connectivity index (χ3v) is 2.61. The Morgan fingerprint density at radius 3 is 2.71 bits per heavy atom. The van der Waals surface area contributed by atoms with Crippen LogP contribution in [0.15, 0.2) is 18.3 Å². The number of nitrogens with two attached hydrogens (primary N) is 1. The second-order valence-electron chi connectivity index (χ2n) is 3.71. The molecule has 0 spiro atoms. The highest BCUT2D eigenvalue weighted by Gasteiger charge is 2.16. The van der Waals surface area contributed by atoms with E-state index in [-0.39, 0.29) is 0 Å². The Kier molecular flexibility index (Phi) is 2.99. The first-order valence-electron chi connectivity index (χ1n) is 5.20. The van der Waals surface area contributed by atoms with Gasteiger partial charge in [-0.1, -0.05) is 0 Å². The summed E-state index contributed by atoms with van der Waals surface area (Å²) in [6, 6.07) is 3.87. The predicted octanol–water partition coefficient (Wildman–Crippen LogP) is 1.86. The normalized spacial score (nSPS) is 17.2. The molecule has 0 aliphatic heterocycles. The van der Waals surface area contributed by atoms with Crippen LogP contribution in [0.2, 0.25) is 0 Å². The van der Waals surface area contributed by atoms with Crippen molar-refractivity contribution in [3.63, 3.8) is 0 Å². The number of ether oxygens (including phenoxy) is 1. The van der Waals surface area contributed by atoms with Gasteiger partial charge in [0, 0.05) is 6.54 Å². The van der Waals surface area contributed by atoms with E-state index in [0.717, 1.165) is 11.4 Å². The molecule has 0 atom stereocenters. The molecule has 1 fully saturated rings. The van der Waals surface area contributed by atoms with Crippen LogP contribution >= 0.6 is 0 Å². The molecule has 0 aromatic carbocycles. The molecule has 3 heteroatoms. The number of hydrogen-bond donors (Lipinski definition) is 1. The van der Waals surface area contributed by atoms with Gasteiger partial charge < -0.3 is 10.5 Å². The summed E-state index contributed by atoms with van der Waals surface area (Å²) in [6.45, 7) is 0.490.